The zero-order valence-electron chi connectivity index (χ0n) is 24.5. The molecule has 6 atom stereocenters. The van der Waals surface area contributed by atoms with Gasteiger partial charge in [0.15, 0.2) is 46.4 Å². The monoisotopic (exact) mass is 608 g/mol. The number of primary amides is 1. The predicted molar refractivity (Wildman–Crippen MR) is 157 cm³/mol. The summed E-state index contributed by atoms with van der Waals surface area (Å²) in [6.07, 6.45) is 0.0339. The standard InChI is InChI=1S/C30H33FN6O7/c1-36(2)18-11-17(35-29(33)34-14-7-5-13(31)6-8-14)23(38)20-15(18)9-12-10-16-22(37(3)4)25(40)21(28(32)43)27(42)30(16,44)26(41)19(12)24(20)39/h5-8,11-12,16,19,21-22,38,44H,9-10H2,1-4H3,(H2,32,43)(H3,33,34,35)/t12-,16-,19?,21?,22-,30-/m1/s1. The highest BCUT2D eigenvalue weighted by Gasteiger charge is 2.69. The third-order valence-electron chi connectivity index (χ3n) is 8.86. The molecule has 0 aromatic heterocycles. The maximum absolute atomic E-state index is 14.1. The number of phenols is 1. The fourth-order valence-corrected chi connectivity index (χ4v) is 6.96. The van der Waals surface area contributed by atoms with Gasteiger partial charge in [-0.15, -0.1) is 0 Å². The molecular formula is C30H33FN6O7. The van der Waals surface area contributed by atoms with Gasteiger partial charge < -0.3 is 31.9 Å². The number of anilines is 2. The molecule has 3 aliphatic carbocycles. The van der Waals surface area contributed by atoms with Gasteiger partial charge in [0, 0.05) is 31.4 Å². The molecule has 0 bridgehead atoms. The molecule has 44 heavy (non-hydrogen) atoms. The second-order valence-electron chi connectivity index (χ2n) is 11.9. The summed E-state index contributed by atoms with van der Waals surface area (Å²) < 4.78 is 13.3. The van der Waals surface area contributed by atoms with Crippen LogP contribution in [0.2, 0.25) is 0 Å². The second-order valence-corrected chi connectivity index (χ2v) is 11.9. The molecular weight excluding hydrogens is 575 g/mol. The average Bonchev–Trinajstić information content (AvgIpc) is 2.93. The lowest BCUT2D eigenvalue weighted by molar-refractivity contribution is -0.181. The Labute approximate surface area is 251 Å². The molecule has 2 unspecified atom stereocenters. The quantitative estimate of drug-likeness (QED) is 0.175. The van der Waals surface area contributed by atoms with E-state index in [1.165, 1.54) is 49.3 Å². The molecule has 2 aromatic rings. The van der Waals surface area contributed by atoms with Crippen LogP contribution in [0.1, 0.15) is 22.3 Å². The Bertz CT molecular complexity index is 1640. The number of nitrogens with zero attached hydrogens (tertiary/aromatic N) is 3. The van der Waals surface area contributed by atoms with E-state index in [0.717, 1.165) is 0 Å². The van der Waals surface area contributed by atoms with E-state index in [2.05, 4.69) is 10.3 Å². The summed E-state index contributed by atoms with van der Waals surface area (Å²) in [6, 6.07) is 5.61. The molecule has 7 N–H and O–H groups in total. The molecule has 232 valence electrons. The minimum absolute atomic E-state index is 0.0635. The Morgan fingerprint density at radius 1 is 1.07 bits per heavy atom. The Balaban J connectivity index is 1.61. The Kier molecular flexibility index (Phi) is 7.54. The van der Waals surface area contributed by atoms with Crippen LogP contribution in [0.4, 0.5) is 21.5 Å². The number of Topliss-reactive ketones (excluding diaryl/α,β-unsaturated/α-hetero) is 4. The molecule has 0 saturated heterocycles. The number of fused-ring (bicyclic) bond motifs is 3. The minimum Gasteiger partial charge on any atom is -0.505 e. The van der Waals surface area contributed by atoms with Crippen LogP contribution in [0.15, 0.2) is 35.3 Å². The van der Waals surface area contributed by atoms with Gasteiger partial charge in [-0.2, -0.15) is 0 Å². The first kappa shape index (κ1) is 30.8. The van der Waals surface area contributed by atoms with Crippen LogP contribution >= 0.6 is 0 Å². The predicted octanol–water partition coefficient (Wildman–Crippen LogP) is 0.130. The molecule has 5 rings (SSSR count). The number of phenolic OH excluding ortho intramolecular Hbond substituents is 1. The van der Waals surface area contributed by atoms with E-state index in [9.17, 15) is 38.6 Å². The lowest BCUT2D eigenvalue weighted by Crippen LogP contribution is -2.74. The number of ketones is 4. The third kappa shape index (κ3) is 4.61. The zero-order chi connectivity index (χ0) is 32.4. The van der Waals surface area contributed by atoms with Gasteiger partial charge in [0.05, 0.1) is 17.5 Å². The third-order valence-corrected chi connectivity index (χ3v) is 8.86. The van der Waals surface area contributed by atoms with Crippen molar-refractivity contribution in [3.8, 4) is 5.75 Å². The molecule has 0 aliphatic heterocycles. The summed E-state index contributed by atoms with van der Waals surface area (Å²) >= 11 is 0. The number of halogens is 1. The van der Waals surface area contributed by atoms with Crippen molar-refractivity contribution in [1.82, 2.24) is 4.90 Å². The molecule has 1 amide bonds. The minimum atomic E-state index is -2.82. The number of hydrogen-bond acceptors (Lipinski definition) is 10. The van der Waals surface area contributed by atoms with Gasteiger partial charge in [-0.25, -0.2) is 9.38 Å². The number of carbonyl (C=O) groups is 5. The number of aromatic hydroxyl groups is 1. The van der Waals surface area contributed by atoms with E-state index in [0.29, 0.717) is 16.9 Å². The average molecular weight is 609 g/mol. The van der Waals surface area contributed by atoms with Crippen molar-refractivity contribution in [2.24, 2.45) is 40.1 Å². The van der Waals surface area contributed by atoms with E-state index < -0.39 is 75.9 Å². The number of aliphatic imine (C=N–C) groups is 1. The van der Waals surface area contributed by atoms with Crippen LogP contribution in [0.5, 0.6) is 5.75 Å². The van der Waals surface area contributed by atoms with Crippen molar-refractivity contribution in [3.63, 3.8) is 0 Å². The topological polar surface area (TPSA) is 209 Å². The van der Waals surface area contributed by atoms with Crippen LogP contribution in [-0.4, -0.2) is 89.9 Å². The van der Waals surface area contributed by atoms with Crippen LogP contribution in [-0.2, 0) is 25.6 Å². The Hall–Kier alpha value is -4.69. The maximum Gasteiger partial charge on any atom is 0.235 e. The number of hydrogen-bond donors (Lipinski definition) is 5. The smallest absolute Gasteiger partial charge is 0.235 e. The molecule has 2 aromatic carbocycles. The van der Waals surface area contributed by atoms with Crippen molar-refractivity contribution in [2.45, 2.75) is 24.5 Å². The summed E-state index contributed by atoms with van der Waals surface area (Å²) in [5.41, 5.74) is 9.60. The SMILES string of the molecule is CN(C)c1cc(N=C(N)Nc2ccc(F)cc2)c(O)c2c1C[C@@H]1C[C@@H]3[C@@H](N(C)C)C(=O)C(C(N)=O)C(=O)[C@]3(O)C(=O)C1C2=O. The highest BCUT2D eigenvalue weighted by molar-refractivity contribution is 6.32. The normalized spacial score (nSPS) is 28.3. The van der Waals surface area contributed by atoms with Crippen molar-refractivity contribution >= 4 is 52.1 Å². The van der Waals surface area contributed by atoms with E-state index in [-0.39, 0.29) is 30.1 Å². The van der Waals surface area contributed by atoms with Gasteiger partial charge in [0.1, 0.15) is 11.5 Å². The van der Waals surface area contributed by atoms with Crippen molar-refractivity contribution in [3.05, 3.63) is 47.3 Å². The van der Waals surface area contributed by atoms with E-state index >= 15 is 0 Å². The van der Waals surface area contributed by atoms with Gasteiger partial charge in [0.25, 0.3) is 0 Å². The maximum atomic E-state index is 14.1. The van der Waals surface area contributed by atoms with Gasteiger partial charge in [-0.1, -0.05) is 0 Å². The number of likely N-dealkylation sites (N-methyl/N-ethyl adjacent to an activating group) is 1. The number of nitrogens with one attached hydrogen (secondary N) is 1. The van der Waals surface area contributed by atoms with Crippen LogP contribution in [0.25, 0.3) is 0 Å². The van der Waals surface area contributed by atoms with E-state index in [1.807, 2.05) is 0 Å². The summed E-state index contributed by atoms with van der Waals surface area (Å²) in [7, 11) is 6.48. The van der Waals surface area contributed by atoms with Crippen molar-refractivity contribution in [2.75, 3.05) is 38.4 Å². The Morgan fingerprint density at radius 3 is 2.27 bits per heavy atom. The van der Waals surface area contributed by atoms with Gasteiger partial charge in [-0.05, 0) is 68.8 Å². The first-order chi connectivity index (χ1) is 20.6. The molecule has 0 radical (unpaired) electrons. The second kappa shape index (κ2) is 10.8. The highest BCUT2D eigenvalue weighted by Crippen LogP contribution is 2.53. The molecule has 0 spiro atoms. The first-order valence-corrected chi connectivity index (χ1v) is 13.9. The lowest BCUT2D eigenvalue weighted by atomic mass is 9.52. The molecule has 3 aliphatic rings. The van der Waals surface area contributed by atoms with Crippen molar-refractivity contribution in [1.29, 1.82) is 0 Å². The summed E-state index contributed by atoms with van der Waals surface area (Å²) in [6.45, 7) is 0. The number of amides is 1. The van der Waals surface area contributed by atoms with Crippen LogP contribution in [0, 0.1) is 29.5 Å². The number of carbonyl (C=O) groups excluding carboxylic acids is 5. The number of benzene rings is 2. The number of guanidine groups is 1. The summed E-state index contributed by atoms with van der Waals surface area (Å²) in [5.74, 6) is -12.2. The van der Waals surface area contributed by atoms with Gasteiger partial charge in [-0.3, -0.25) is 28.9 Å². The van der Waals surface area contributed by atoms with Gasteiger partial charge >= 0.3 is 0 Å². The summed E-state index contributed by atoms with van der Waals surface area (Å²) in [5, 5.41) is 25.8. The molecule has 2 fully saturated rings. The Morgan fingerprint density at radius 2 is 1.70 bits per heavy atom. The molecule has 2 saturated carbocycles. The zero-order valence-corrected chi connectivity index (χ0v) is 24.5. The molecule has 13 nitrogen and oxygen atoms in total. The van der Waals surface area contributed by atoms with Gasteiger partial charge in [0.2, 0.25) is 5.91 Å². The van der Waals surface area contributed by atoms with Crippen LogP contribution in [0.3, 0.4) is 0 Å². The number of rotatable bonds is 5. The number of aliphatic hydroxyl groups is 1. The molecule has 14 heteroatoms. The summed E-state index contributed by atoms with van der Waals surface area (Å²) in [4.78, 5) is 74.4. The number of nitrogens with two attached hydrogens (primary N) is 2. The fraction of sp³-hybridized carbons (Fsp3) is 0.400. The molecule has 0 heterocycles. The largest absolute Gasteiger partial charge is 0.505 e. The van der Waals surface area contributed by atoms with Crippen LogP contribution < -0.4 is 21.7 Å². The first-order valence-electron chi connectivity index (χ1n) is 13.9. The van der Waals surface area contributed by atoms with Crippen molar-refractivity contribution < 1.29 is 38.6 Å². The lowest BCUT2D eigenvalue weighted by Gasteiger charge is -2.52. The fourth-order valence-electron chi connectivity index (χ4n) is 6.96. The highest BCUT2D eigenvalue weighted by atomic mass is 19.1. The van der Waals surface area contributed by atoms with E-state index in [4.69, 9.17) is 11.5 Å². The van der Waals surface area contributed by atoms with E-state index in [1.54, 1.807) is 19.0 Å².